The van der Waals surface area contributed by atoms with Gasteiger partial charge in [-0.3, -0.25) is 0 Å². The molecule has 3 heteroatoms. The van der Waals surface area contributed by atoms with Crippen molar-refractivity contribution in [1.29, 1.82) is 0 Å². The van der Waals surface area contributed by atoms with Crippen molar-refractivity contribution in [3.8, 4) is 0 Å². The van der Waals surface area contributed by atoms with Gasteiger partial charge < -0.3 is 9.47 Å². The van der Waals surface area contributed by atoms with E-state index in [1.807, 2.05) is 0 Å². The summed E-state index contributed by atoms with van der Waals surface area (Å²) in [5.74, 6) is 6.11. The maximum Gasteiger partial charge on any atom is 0.176 e. The summed E-state index contributed by atoms with van der Waals surface area (Å²) in [4.78, 5) is 0. The Morgan fingerprint density at radius 1 is 1.00 bits per heavy atom. The largest absolute Gasteiger partial charge is 0.347 e. The minimum absolute atomic E-state index is 0.135. The van der Waals surface area contributed by atoms with Crippen molar-refractivity contribution >= 4 is 15.9 Å². The summed E-state index contributed by atoms with van der Waals surface area (Å²) in [7, 11) is 0. The van der Waals surface area contributed by atoms with Gasteiger partial charge in [-0.2, -0.15) is 0 Å². The maximum atomic E-state index is 6.18. The SMILES string of the molecule is Br[C@@]12C[C@H]3[C@H]4C[C@H]5[C@H]3[C@H]1C1(OCCO1)[C@H]5[C@H]42. The van der Waals surface area contributed by atoms with Crippen molar-refractivity contribution in [3.05, 3.63) is 0 Å². The zero-order valence-electron chi connectivity index (χ0n) is 9.06. The summed E-state index contributed by atoms with van der Waals surface area (Å²) >= 11 is 4.14. The Kier molecular flexibility index (Phi) is 1.09. The van der Waals surface area contributed by atoms with Gasteiger partial charge in [0.05, 0.1) is 13.2 Å². The molecule has 7 fully saturated rings. The van der Waals surface area contributed by atoms with Gasteiger partial charge in [-0.1, -0.05) is 15.9 Å². The van der Waals surface area contributed by atoms with E-state index in [0.29, 0.717) is 10.2 Å². The predicted octanol–water partition coefficient (Wildman–Crippen LogP) is 2.02. The molecule has 7 rings (SSSR count). The highest BCUT2D eigenvalue weighted by Gasteiger charge is 2.91. The van der Waals surface area contributed by atoms with E-state index >= 15 is 0 Å². The summed E-state index contributed by atoms with van der Waals surface area (Å²) < 4.78 is 12.8. The maximum absolute atomic E-state index is 6.18. The zero-order valence-corrected chi connectivity index (χ0v) is 10.7. The number of ether oxygens (including phenoxy) is 2. The highest BCUT2D eigenvalue weighted by Crippen LogP contribution is 2.89. The van der Waals surface area contributed by atoms with Crippen LogP contribution in [0.1, 0.15) is 12.8 Å². The molecule has 0 aromatic heterocycles. The van der Waals surface area contributed by atoms with Gasteiger partial charge in [0.2, 0.25) is 0 Å². The van der Waals surface area contributed by atoms with Gasteiger partial charge in [-0.15, -0.1) is 0 Å². The van der Waals surface area contributed by atoms with E-state index in [0.717, 1.165) is 48.7 Å². The van der Waals surface area contributed by atoms with Crippen LogP contribution in [0.5, 0.6) is 0 Å². The molecule has 6 aliphatic carbocycles. The van der Waals surface area contributed by atoms with Crippen LogP contribution in [-0.2, 0) is 9.47 Å². The monoisotopic (exact) mass is 282 g/mol. The first-order chi connectivity index (χ1) is 7.77. The third-order valence-electron chi connectivity index (χ3n) is 7.03. The Morgan fingerprint density at radius 3 is 2.56 bits per heavy atom. The number of hydrogen-bond acceptors (Lipinski definition) is 2. The van der Waals surface area contributed by atoms with Gasteiger partial charge in [0, 0.05) is 16.2 Å². The van der Waals surface area contributed by atoms with Crippen LogP contribution >= 0.6 is 15.9 Å². The van der Waals surface area contributed by atoms with Crippen molar-refractivity contribution in [2.24, 2.45) is 41.4 Å². The fraction of sp³-hybridized carbons (Fsp3) is 1.00. The van der Waals surface area contributed by atoms with Crippen LogP contribution in [0.15, 0.2) is 0 Å². The molecule has 7 aliphatic rings. The van der Waals surface area contributed by atoms with Crippen LogP contribution in [0.2, 0.25) is 0 Å². The number of rotatable bonds is 0. The summed E-state index contributed by atoms with van der Waals surface area (Å²) in [5.41, 5.74) is 0. The van der Waals surface area contributed by atoms with Gasteiger partial charge in [0.15, 0.2) is 5.79 Å². The van der Waals surface area contributed by atoms with Crippen molar-refractivity contribution in [2.45, 2.75) is 23.0 Å². The molecule has 0 aromatic carbocycles. The van der Waals surface area contributed by atoms with Gasteiger partial charge in [0.1, 0.15) is 0 Å². The topological polar surface area (TPSA) is 18.5 Å². The molecule has 6 bridgehead atoms. The van der Waals surface area contributed by atoms with Gasteiger partial charge in [-0.25, -0.2) is 0 Å². The van der Waals surface area contributed by atoms with Crippen LogP contribution in [0.4, 0.5) is 0 Å². The van der Waals surface area contributed by atoms with Crippen LogP contribution in [0.25, 0.3) is 0 Å². The Labute approximate surface area is 103 Å². The second-order valence-corrected chi connectivity index (χ2v) is 8.36. The molecule has 16 heavy (non-hydrogen) atoms. The molecule has 1 saturated heterocycles. The predicted molar refractivity (Wildman–Crippen MR) is 60.0 cm³/mol. The first-order valence-corrected chi connectivity index (χ1v) is 7.53. The fourth-order valence-corrected chi connectivity index (χ4v) is 8.97. The standard InChI is InChI=1S/C13H15BrO2/c14-12-4-7-5-3-6-8(7)11(12)13(10(6)9(5)12)15-1-2-16-13/h5-11H,1-4H2/t5-,6+,7+,8-,9+,10-,11-,12-/m1/s1. The number of halogens is 1. The Bertz CT molecular complexity index is 418. The minimum atomic E-state index is -0.135. The first kappa shape index (κ1) is 8.49. The summed E-state index contributed by atoms with van der Waals surface area (Å²) in [6.45, 7) is 1.66. The van der Waals surface area contributed by atoms with Gasteiger partial charge >= 0.3 is 0 Å². The van der Waals surface area contributed by atoms with Crippen LogP contribution in [-0.4, -0.2) is 23.3 Å². The lowest BCUT2D eigenvalue weighted by Gasteiger charge is -2.37. The van der Waals surface area contributed by atoms with Crippen LogP contribution in [0, 0.1) is 41.4 Å². The average molecular weight is 283 g/mol. The lowest BCUT2D eigenvalue weighted by atomic mass is 9.71. The van der Waals surface area contributed by atoms with E-state index in [1.54, 1.807) is 0 Å². The zero-order chi connectivity index (χ0) is 10.3. The molecule has 0 aromatic rings. The average Bonchev–Trinajstić information content (AvgIpc) is 2.97. The van der Waals surface area contributed by atoms with Crippen molar-refractivity contribution in [2.75, 3.05) is 13.2 Å². The molecule has 0 amide bonds. The van der Waals surface area contributed by atoms with E-state index in [9.17, 15) is 0 Å². The normalized spacial score (nSPS) is 74.4. The molecule has 1 aliphatic heterocycles. The lowest BCUT2D eigenvalue weighted by Crippen LogP contribution is -2.41. The number of alkyl halides is 1. The molecular weight excluding hydrogens is 268 g/mol. The molecule has 8 atom stereocenters. The second kappa shape index (κ2) is 2.06. The summed E-state index contributed by atoms with van der Waals surface area (Å²) in [6.07, 6.45) is 2.90. The van der Waals surface area contributed by atoms with E-state index < -0.39 is 0 Å². The highest BCUT2D eigenvalue weighted by atomic mass is 79.9. The molecule has 1 spiro atoms. The molecule has 1 heterocycles. The third kappa shape index (κ3) is 0.522. The Balaban J connectivity index is 1.68. The smallest absolute Gasteiger partial charge is 0.176 e. The molecule has 86 valence electrons. The van der Waals surface area contributed by atoms with E-state index in [4.69, 9.17) is 9.47 Å². The molecule has 0 unspecified atom stereocenters. The fourth-order valence-electron chi connectivity index (χ4n) is 7.34. The quantitative estimate of drug-likeness (QED) is 0.633. The minimum Gasteiger partial charge on any atom is -0.347 e. The first-order valence-electron chi connectivity index (χ1n) is 6.74. The number of hydrogen-bond donors (Lipinski definition) is 0. The Morgan fingerprint density at radius 2 is 1.81 bits per heavy atom. The summed E-state index contributed by atoms with van der Waals surface area (Å²) in [5, 5.41) is 0. The molecule has 0 N–H and O–H groups in total. The van der Waals surface area contributed by atoms with Crippen LogP contribution in [0.3, 0.4) is 0 Å². The van der Waals surface area contributed by atoms with E-state index in [1.165, 1.54) is 12.8 Å². The van der Waals surface area contributed by atoms with Crippen molar-refractivity contribution in [3.63, 3.8) is 0 Å². The molecule has 6 saturated carbocycles. The van der Waals surface area contributed by atoms with Gasteiger partial charge in [0.25, 0.3) is 0 Å². The van der Waals surface area contributed by atoms with Crippen LogP contribution < -0.4 is 0 Å². The molecule has 2 nitrogen and oxygen atoms in total. The molecular formula is C13H15BrO2. The highest BCUT2D eigenvalue weighted by molar-refractivity contribution is 9.10. The Hall–Kier alpha value is 0.400. The van der Waals surface area contributed by atoms with Crippen molar-refractivity contribution in [1.82, 2.24) is 0 Å². The third-order valence-corrected chi connectivity index (χ3v) is 8.38. The van der Waals surface area contributed by atoms with E-state index in [2.05, 4.69) is 15.9 Å². The summed E-state index contributed by atoms with van der Waals surface area (Å²) in [6, 6.07) is 0. The second-order valence-electron chi connectivity index (χ2n) is 6.88. The van der Waals surface area contributed by atoms with Gasteiger partial charge in [-0.05, 0) is 42.4 Å². The molecule has 0 radical (unpaired) electrons. The van der Waals surface area contributed by atoms with Crippen molar-refractivity contribution < 1.29 is 9.47 Å². The lowest BCUT2D eigenvalue weighted by molar-refractivity contribution is -0.194. The van der Waals surface area contributed by atoms with E-state index in [-0.39, 0.29) is 5.79 Å².